The lowest BCUT2D eigenvalue weighted by atomic mass is 10.1. The van der Waals surface area contributed by atoms with Crippen molar-refractivity contribution in [1.29, 1.82) is 0 Å². The normalized spacial score (nSPS) is 11.1. The van der Waals surface area contributed by atoms with Crippen LogP contribution in [0.1, 0.15) is 24.5 Å². The third-order valence-electron chi connectivity index (χ3n) is 2.11. The fraction of sp³-hybridized carbons (Fsp3) is 0.231. The molecule has 0 aliphatic rings. The van der Waals surface area contributed by atoms with Gasteiger partial charge in [0.05, 0.1) is 0 Å². The number of benzene rings is 1. The van der Waals surface area contributed by atoms with E-state index in [4.69, 9.17) is 0 Å². The van der Waals surface area contributed by atoms with Crippen LogP contribution in [-0.4, -0.2) is 12.6 Å². The predicted octanol–water partition coefficient (Wildman–Crippen LogP) is 3.23. The smallest absolute Gasteiger partial charge is 0.158 e. The Morgan fingerprint density at radius 1 is 1.33 bits per heavy atom. The van der Waals surface area contributed by atoms with E-state index in [1.54, 1.807) is 0 Å². The van der Waals surface area contributed by atoms with Crippen LogP contribution in [-0.2, 0) is 6.42 Å². The predicted molar refractivity (Wildman–Crippen MR) is 66.7 cm³/mol. The Bertz CT molecular complexity index is 361. The minimum atomic E-state index is 0.619. The quantitative estimate of drug-likeness (QED) is 0.526. The number of hydrogen-bond acceptors (Lipinski definition) is 1. The number of nitrogens with zero attached hydrogens (tertiary/aromatic N) is 2. The van der Waals surface area contributed by atoms with Crippen LogP contribution in [0.2, 0.25) is 0 Å². The van der Waals surface area contributed by atoms with Crippen LogP contribution in [0, 0.1) is 0 Å². The maximum atomic E-state index is 4.04. The van der Waals surface area contributed by atoms with E-state index in [-0.39, 0.29) is 0 Å². The van der Waals surface area contributed by atoms with Gasteiger partial charge in [0.25, 0.3) is 0 Å². The maximum Gasteiger partial charge on any atom is 0.158 e. The highest BCUT2D eigenvalue weighted by atomic mass is 14.9. The van der Waals surface area contributed by atoms with E-state index >= 15 is 0 Å². The molecule has 0 amide bonds. The Kier molecular flexibility index (Phi) is 4.48. The van der Waals surface area contributed by atoms with Crippen molar-refractivity contribution in [2.24, 2.45) is 9.98 Å². The number of hydrogen-bond donors (Lipinski definition) is 0. The fourth-order valence-electron chi connectivity index (χ4n) is 1.40. The summed E-state index contributed by atoms with van der Waals surface area (Å²) in [6, 6.07) is 8.23. The molecule has 0 heterocycles. The summed E-state index contributed by atoms with van der Waals surface area (Å²) in [5.41, 5.74) is 2.31. The van der Waals surface area contributed by atoms with E-state index in [0.717, 1.165) is 18.4 Å². The standard InChI is InChI=1S/C13H16N2/c1-4-6-11-7-9-12(10-8-11)13(14-3)15-5-2/h5,7-10H,2-4,6H2,1H3. The van der Waals surface area contributed by atoms with E-state index < -0.39 is 0 Å². The van der Waals surface area contributed by atoms with Gasteiger partial charge >= 0.3 is 0 Å². The number of amidine groups is 1. The molecule has 0 atom stereocenters. The molecule has 0 bridgehead atoms. The molecule has 1 rings (SSSR count). The second kappa shape index (κ2) is 5.91. The molecule has 0 spiro atoms. The van der Waals surface area contributed by atoms with Gasteiger partial charge in [0.1, 0.15) is 0 Å². The van der Waals surface area contributed by atoms with Crippen molar-refractivity contribution in [3.05, 3.63) is 48.2 Å². The summed E-state index contributed by atoms with van der Waals surface area (Å²) in [5, 5.41) is 0. The van der Waals surface area contributed by atoms with E-state index in [0.29, 0.717) is 5.84 Å². The molecule has 0 N–H and O–H groups in total. The van der Waals surface area contributed by atoms with E-state index in [1.165, 1.54) is 11.8 Å². The number of aliphatic imine (C=N–C) groups is 2. The van der Waals surface area contributed by atoms with Crippen molar-refractivity contribution in [3.8, 4) is 0 Å². The molecule has 0 aliphatic carbocycles. The lowest BCUT2D eigenvalue weighted by Crippen LogP contribution is -1.96. The zero-order valence-corrected chi connectivity index (χ0v) is 9.11. The summed E-state index contributed by atoms with van der Waals surface area (Å²) in [5.74, 6) is 0.619. The molecular weight excluding hydrogens is 184 g/mol. The Morgan fingerprint density at radius 3 is 2.47 bits per heavy atom. The monoisotopic (exact) mass is 200 g/mol. The lowest BCUT2D eigenvalue weighted by Gasteiger charge is -2.02. The molecule has 78 valence electrons. The molecule has 0 fully saturated rings. The zero-order chi connectivity index (χ0) is 11.1. The number of aryl methyl sites for hydroxylation is 1. The highest BCUT2D eigenvalue weighted by Crippen LogP contribution is 2.08. The molecule has 0 radical (unpaired) electrons. The first kappa shape index (κ1) is 11.4. The third kappa shape index (κ3) is 3.17. The molecule has 0 aliphatic heterocycles. The second-order valence-corrected chi connectivity index (χ2v) is 3.24. The molecule has 0 saturated heterocycles. The summed E-state index contributed by atoms with van der Waals surface area (Å²) in [6.45, 7) is 9.20. The highest BCUT2D eigenvalue weighted by molar-refractivity contribution is 6.01. The van der Waals surface area contributed by atoms with Gasteiger partial charge in [-0.3, -0.25) is 0 Å². The molecule has 1 aromatic rings. The summed E-state index contributed by atoms with van der Waals surface area (Å²) in [4.78, 5) is 7.89. The van der Waals surface area contributed by atoms with Crippen LogP contribution in [0.15, 0.2) is 47.0 Å². The van der Waals surface area contributed by atoms with Gasteiger partial charge in [-0.2, -0.15) is 0 Å². The lowest BCUT2D eigenvalue weighted by molar-refractivity contribution is 0.922. The summed E-state index contributed by atoms with van der Waals surface area (Å²) >= 11 is 0. The third-order valence-corrected chi connectivity index (χ3v) is 2.11. The van der Waals surface area contributed by atoms with Gasteiger partial charge in [0, 0.05) is 11.8 Å². The molecule has 0 unspecified atom stereocenters. The van der Waals surface area contributed by atoms with Crippen LogP contribution in [0.5, 0.6) is 0 Å². The van der Waals surface area contributed by atoms with Crippen molar-refractivity contribution in [1.82, 2.24) is 0 Å². The zero-order valence-electron chi connectivity index (χ0n) is 9.11. The van der Waals surface area contributed by atoms with Gasteiger partial charge in [0.15, 0.2) is 5.84 Å². The van der Waals surface area contributed by atoms with Crippen LogP contribution < -0.4 is 0 Å². The average Bonchev–Trinajstić information content (AvgIpc) is 2.28. The average molecular weight is 200 g/mol. The molecule has 15 heavy (non-hydrogen) atoms. The Labute approximate surface area is 91.1 Å². The molecule has 0 aromatic heterocycles. The first-order chi connectivity index (χ1) is 7.31. The van der Waals surface area contributed by atoms with Gasteiger partial charge < -0.3 is 0 Å². The van der Waals surface area contributed by atoms with Gasteiger partial charge in [-0.05, 0) is 18.7 Å². The van der Waals surface area contributed by atoms with Crippen LogP contribution >= 0.6 is 0 Å². The SMILES string of the molecule is C=CN=C(N=C)c1ccc(CCC)cc1. The molecule has 1 aromatic carbocycles. The van der Waals surface area contributed by atoms with E-state index in [9.17, 15) is 0 Å². The highest BCUT2D eigenvalue weighted by Gasteiger charge is 1.99. The van der Waals surface area contributed by atoms with Gasteiger partial charge in [-0.25, -0.2) is 9.98 Å². The van der Waals surface area contributed by atoms with Crippen LogP contribution in [0.3, 0.4) is 0 Å². The fourth-order valence-corrected chi connectivity index (χ4v) is 1.40. The summed E-state index contributed by atoms with van der Waals surface area (Å²) in [6.07, 6.45) is 3.74. The molecular formula is C13H16N2. The van der Waals surface area contributed by atoms with Crippen molar-refractivity contribution in [3.63, 3.8) is 0 Å². The van der Waals surface area contributed by atoms with Crippen LogP contribution in [0.25, 0.3) is 0 Å². The van der Waals surface area contributed by atoms with Gasteiger partial charge in [-0.1, -0.05) is 44.2 Å². The van der Waals surface area contributed by atoms with E-state index in [1.807, 2.05) is 12.1 Å². The van der Waals surface area contributed by atoms with Crippen molar-refractivity contribution < 1.29 is 0 Å². The first-order valence-corrected chi connectivity index (χ1v) is 5.06. The van der Waals surface area contributed by atoms with Gasteiger partial charge in [0.2, 0.25) is 0 Å². The Hall–Kier alpha value is -1.70. The molecule has 2 heteroatoms. The van der Waals surface area contributed by atoms with E-state index in [2.05, 4.69) is 42.3 Å². The van der Waals surface area contributed by atoms with Crippen molar-refractivity contribution >= 4 is 12.6 Å². The topological polar surface area (TPSA) is 24.7 Å². The minimum Gasteiger partial charge on any atom is -0.245 e. The minimum absolute atomic E-state index is 0.619. The van der Waals surface area contributed by atoms with Crippen molar-refractivity contribution in [2.75, 3.05) is 0 Å². The molecule has 0 saturated carbocycles. The maximum absolute atomic E-state index is 4.04. The summed E-state index contributed by atoms with van der Waals surface area (Å²) < 4.78 is 0. The van der Waals surface area contributed by atoms with Gasteiger partial charge in [-0.15, -0.1) is 0 Å². The Balaban J connectivity index is 2.91. The first-order valence-electron chi connectivity index (χ1n) is 5.06. The Morgan fingerprint density at radius 2 is 2.00 bits per heavy atom. The largest absolute Gasteiger partial charge is 0.245 e. The molecule has 2 nitrogen and oxygen atoms in total. The summed E-state index contributed by atoms with van der Waals surface area (Å²) in [7, 11) is 0. The number of rotatable bonds is 4. The van der Waals surface area contributed by atoms with Crippen LogP contribution in [0.4, 0.5) is 0 Å². The van der Waals surface area contributed by atoms with Crippen molar-refractivity contribution in [2.45, 2.75) is 19.8 Å². The second-order valence-electron chi connectivity index (χ2n) is 3.24.